The number of carbonyl (C=O) groups is 1. The number of rotatable bonds is 2. The molecule has 86 valence electrons. The smallest absolute Gasteiger partial charge is 0.319 e. The third-order valence-corrected chi connectivity index (χ3v) is 3.01. The van der Waals surface area contributed by atoms with Crippen molar-refractivity contribution in [1.29, 1.82) is 0 Å². The van der Waals surface area contributed by atoms with E-state index >= 15 is 0 Å². The Morgan fingerprint density at radius 1 is 1.38 bits per heavy atom. The fourth-order valence-corrected chi connectivity index (χ4v) is 2.15. The van der Waals surface area contributed by atoms with Crippen molar-refractivity contribution in [2.24, 2.45) is 0 Å². The predicted molar refractivity (Wildman–Crippen MR) is 62.1 cm³/mol. The highest BCUT2D eigenvalue weighted by molar-refractivity contribution is 5.71. The summed E-state index contributed by atoms with van der Waals surface area (Å²) in [5.41, 5.74) is 2.75. The molecule has 1 aromatic carbocycles. The number of methoxy groups -OCH3 is 1. The molecule has 0 fully saturated rings. The second kappa shape index (κ2) is 5.12. The van der Waals surface area contributed by atoms with Gasteiger partial charge in [0.2, 0.25) is 0 Å². The Morgan fingerprint density at radius 2 is 2.12 bits per heavy atom. The van der Waals surface area contributed by atoms with Crippen LogP contribution in [0.15, 0.2) is 24.3 Å². The summed E-state index contributed by atoms with van der Waals surface area (Å²) < 4.78 is 4.70. The summed E-state index contributed by atoms with van der Waals surface area (Å²) in [6.07, 6.45) is 2.21. The Balaban J connectivity index is 2.07. The van der Waals surface area contributed by atoms with Crippen molar-refractivity contribution >= 4 is 5.97 Å². The maximum atomic E-state index is 11.2. The van der Waals surface area contributed by atoms with Gasteiger partial charge in [-0.25, -0.2) is 0 Å². The van der Waals surface area contributed by atoms with Gasteiger partial charge >= 0.3 is 5.97 Å². The highest BCUT2D eigenvalue weighted by atomic mass is 16.5. The van der Waals surface area contributed by atoms with Crippen LogP contribution < -0.4 is 0 Å². The Hall–Kier alpha value is -1.35. The summed E-state index contributed by atoms with van der Waals surface area (Å²) in [6.45, 7) is 2.21. The largest absolute Gasteiger partial charge is 0.468 e. The van der Waals surface area contributed by atoms with Gasteiger partial charge in [0.15, 0.2) is 0 Å². The summed E-state index contributed by atoms with van der Waals surface area (Å²) in [5, 5.41) is 0. The van der Waals surface area contributed by atoms with Gasteiger partial charge in [0.05, 0.1) is 13.7 Å². The van der Waals surface area contributed by atoms with Crippen LogP contribution in [-0.4, -0.2) is 31.1 Å². The first-order chi connectivity index (χ1) is 7.79. The van der Waals surface area contributed by atoms with Gasteiger partial charge in [-0.05, 0) is 30.5 Å². The summed E-state index contributed by atoms with van der Waals surface area (Å²) in [6, 6.07) is 8.46. The molecule has 0 amide bonds. The maximum Gasteiger partial charge on any atom is 0.319 e. The Labute approximate surface area is 96.0 Å². The lowest BCUT2D eigenvalue weighted by atomic mass is 10.0. The Kier molecular flexibility index (Phi) is 3.57. The van der Waals surface area contributed by atoms with Gasteiger partial charge < -0.3 is 4.74 Å². The van der Waals surface area contributed by atoms with Crippen LogP contribution in [-0.2, 0) is 22.5 Å². The molecular weight excluding hydrogens is 202 g/mol. The van der Waals surface area contributed by atoms with Crippen molar-refractivity contribution in [3.63, 3.8) is 0 Å². The van der Waals surface area contributed by atoms with Crippen LogP contribution in [0.3, 0.4) is 0 Å². The molecule has 0 N–H and O–H groups in total. The minimum absolute atomic E-state index is 0.153. The lowest BCUT2D eigenvalue weighted by Gasteiger charge is -2.18. The van der Waals surface area contributed by atoms with Gasteiger partial charge in [-0.3, -0.25) is 9.69 Å². The van der Waals surface area contributed by atoms with E-state index in [1.165, 1.54) is 18.2 Å². The van der Waals surface area contributed by atoms with Crippen LogP contribution in [0.5, 0.6) is 0 Å². The average molecular weight is 219 g/mol. The van der Waals surface area contributed by atoms with Gasteiger partial charge in [0.1, 0.15) is 0 Å². The number of esters is 1. The molecular formula is C13H17NO2. The monoisotopic (exact) mass is 219 g/mol. The van der Waals surface area contributed by atoms with Crippen LogP contribution in [0.25, 0.3) is 0 Å². The van der Waals surface area contributed by atoms with Crippen molar-refractivity contribution < 1.29 is 9.53 Å². The molecule has 0 bridgehead atoms. The zero-order valence-corrected chi connectivity index (χ0v) is 9.61. The predicted octanol–water partition coefficient (Wildman–Crippen LogP) is 1.61. The molecule has 0 unspecified atom stereocenters. The standard InChI is InChI=1S/C13H17NO2/c1-16-13(15)10-14-8-4-7-11-5-2-3-6-12(11)9-14/h2-3,5-6H,4,7-10H2,1H3. The van der Waals surface area contributed by atoms with Gasteiger partial charge in [-0.1, -0.05) is 24.3 Å². The van der Waals surface area contributed by atoms with Gasteiger partial charge in [0, 0.05) is 6.54 Å². The number of ether oxygens (including phenoxy) is 1. The van der Waals surface area contributed by atoms with Crippen molar-refractivity contribution in [1.82, 2.24) is 4.90 Å². The number of hydrogen-bond donors (Lipinski definition) is 0. The minimum Gasteiger partial charge on any atom is -0.468 e. The summed E-state index contributed by atoms with van der Waals surface area (Å²) >= 11 is 0. The van der Waals surface area contributed by atoms with E-state index in [4.69, 9.17) is 4.74 Å². The lowest BCUT2D eigenvalue weighted by molar-refractivity contribution is -0.142. The number of benzene rings is 1. The third-order valence-electron chi connectivity index (χ3n) is 3.01. The van der Waals surface area contributed by atoms with Crippen LogP contribution >= 0.6 is 0 Å². The van der Waals surface area contributed by atoms with Crippen molar-refractivity contribution in [3.05, 3.63) is 35.4 Å². The quantitative estimate of drug-likeness (QED) is 0.708. The van der Waals surface area contributed by atoms with Crippen LogP contribution in [0.1, 0.15) is 17.5 Å². The van der Waals surface area contributed by atoms with E-state index < -0.39 is 0 Å². The molecule has 16 heavy (non-hydrogen) atoms. The SMILES string of the molecule is COC(=O)CN1CCCc2ccccc2C1. The second-order valence-electron chi connectivity index (χ2n) is 4.16. The molecule has 3 nitrogen and oxygen atoms in total. The molecule has 0 aliphatic carbocycles. The highest BCUT2D eigenvalue weighted by Gasteiger charge is 2.16. The second-order valence-corrected chi connectivity index (χ2v) is 4.16. The van der Waals surface area contributed by atoms with Crippen LogP contribution in [0, 0.1) is 0 Å². The molecule has 1 aromatic rings. The van der Waals surface area contributed by atoms with E-state index in [0.717, 1.165) is 25.9 Å². The molecule has 2 rings (SSSR count). The summed E-state index contributed by atoms with van der Waals surface area (Å²) in [4.78, 5) is 13.4. The van der Waals surface area contributed by atoms with Crippen molar-refractivity contribution in [2.45, 2.75) is 19.4 Å². The first-order valence-corrected chi connectivity index (χ1v) is 5.65. The molecule has 1 aliphatic heterocycles. The van der Waals surface area contributed by atoms with Crippen molar-refractivity contribution in [3.8, 4) is 0 Å². The minimum atomic E-state index is -0.153. The van der Waals surface area contributed by atoms with Crippen molar-refractivity contribution in [2.75, 3.05) is 20.2 Å². The Morgan fingerprint density at radius 3 is 2.88 bits per heavy atom. The van der Waals surface area contributed by atoms with E-state index in [-0.39, 0.29) is 5.97 Å². The topological polar surface area (TPSA) is 29.5 Å². The first kappa shape index (κ1) is 11.1. The summed E-state index contributed by atoms with van der Waals surface area (Å²) in [5.74, 6) is -0.153. The lowest BCUT2D eigenvalue weighted by Crippen LogP contribution is -2.30. The molecule has 0 atom stereocenters. The van der Waals surface area contributed by atoms with Gasteiger partial charge in [-0.15, -0.1) is 0 Å². The fourth-order valence-electron chi connectivity index (χ4n) is 2.15. The zero-order valence-electron chi connectivity index (χ0n) is 9.61. The molecule has 0 aromatic heterocycles. The number of nitrogens with zero attached hydrogens (tertiary/aromatic N) is 1. The number of aryl methyl sites for hydroxylation is 1. The van der Waals surface area contributed by atoms with Gasteiger partial charge in [-0.2, -0.15) is 0 Å². The number of fused-ring (bicyclic) bond motifs is 1. The molecule has 0 saturated heterocycles. The van der Waals surface area contributed by atoms with Gasteiger partial charge in [0.25, 0.3) is 0 Å². The van der Waals surface area contributed by atoms with E-state index in [1.54, 1.807) is 0 Å². The normalized spacial score (nSPS) is 16.3. The van der Waals surface area contributed by atoms with Crippen LogP contribution in [0.4, 0.5) is 0 Å². The molecule has 1 aliphatic rings. The van der Waals surface area contributed by atoms with E-state index in [2.05, 4.69) is 29.2 Å². The average Bonchev–Trinajstić information content (AvgIpc) is 2.50. The maximum absolute atomic E-state index is 11.2. The van der Waals surface area contributed by atoms with E-state index in [0.29, 0.717) is 6.54 Å². The van der Waals surface area contributed by atoms with E-state index in [9.17, 15) is 4.79 Å². The summed E-state index contributed by atoms with van der Waals surface area (Å²) in [7, 11) is 1.44. The fraction of sp³-hybridized carbons (Fsp3) is 0.462. The molecule has 0 saturated carbocycles. The molecule has 0 radical (unpaired) electrons. The third kappa shape index (κ3) is 2.61. The van der Waals surface area contributed by atoms with E-state index in [1.807, 2.05) is 0 Å². The zero-order chi connectivity index (χ0) is 11.4. The van der Waals surface area contributed by atoms with Crippen LogP contribution in [0.2, 0.25) is 0 Å². The Bertz CT molecular complexity index is 376. The molecule has 3 heteroatoms. The molecule has 0 spiro atoms. The molecule has 1 heterocycles. The number of hydrogen-bond acceptors (Lipinski definition) is 3. The highest BCUT2D eigenvalue weighted by Crippen LogP contribution is 2.17. The first-order valence-electron chi connectivity index (χ1n) is 5.65. The number of carbonyl (C=O) groups excluding carboxylic acids is 1.